The number of hydrogen-bond acceptors (Lipinski definition) is 8. The molecule has 248 valence electrons. The van der Waals surface area contributed by atoms with Crippen molar-refractivity contribution in [3.05, 3.63) is 58.7 Å². The van der Waals surface area contributed by atoms with Crippen LogP contribution in [0.4, 0.5) is 0 Å². The van der Waals surface area contributed by atoms with Gasteiger partial charge in [-0.1, -0.05) is 41.5 Å². The molecule has 0 N–H and O–H groups in total. The summed E-state index contributed by atoms with van der Waals surface area (Å²) in [6.07, 6.45) is 3.28. The van der Waals surface area contributed by atoms with E-state index in [9.17, 15) is 14.4 Å². The Balaban J connectivity index is 2.44. The van der Waals surface area contributed by atoms with Gasteiger partial charge in [0, 0.05) is 22.3 Å². The minimum absolute atomic E-state index is 0.202. The lowest BCUT2D eigenvalue weighted by Crippen LogP contribution is -2.26. The number of rotatable bonds is 11. The van der Waals surface area contributed by atoms with Gasteiger partial charge in [-0.2, -0.15) is 0 Å². The van der Waals surface area contributed by atoms with E-state index in [1.54, 1.807) is 71.9 Å². The molecular weight excluding hydrogens is 572 g/mol. The van der Waals surface area contributed by atoms with Crippen molar-refractivity contribution in [2.45, 2.75) is 101 Å². The zero-order chi connectivity index (χ0) is 34.4. The van der Waals surface area contributed by atoms with Crippen LogP contribution in [0.15, 0.2) is 36.4 Å². The van der Waals surface area contributed by atoms with Gasteiger partial charge in [0.05, 0.1) is 17.4 Å². The molecule has 0 unspecified atom stereocenters. The molecule has 0 saturated heterocycles. The van der Waals surface area contributed by atoms with Gasteiger partial charge < -0.3 is 23.7 Å². The molecule has 0 aromatic heterocycles. The highest BCUT2D eigenvalue weighted by Gasteiger charge is 2.33. The lowest BCUT2D eigenvalue weighted by molar-refractivity contribution is -0.160. The van der Waals surface area contributed by atoms with Crippen molar-refractivity contribution >= 4 is 23.8 Å². The standard InChI is InChI=1S/C37H52O8/c1-14-41-30-25(17-20-28(38)24-15-18-26(19-16-24)42-22-44-32(39)36(8,9)10)21-27(34(2,3)4)31(29(30)35(5,6)7)43-23-45-33(40)37(11,12)13/h15-21H,14,22-23H2,1-13H3/b20-17+. The summed E-state index contributed by atoms with van der Waals surface area (Å²) in [6.45, 7) is 25.0. The van der Waals surface area contributed by atoms with Crippen LogP contribution in [-0.4, -0.2) is 37.9 Å². The monoisotopic (exact) mass is 624 g/mol. The van der Waals surface area contributed by atoms with Crippen LogP contribution in [0.3, 0.4) is 0 Å². The van der Waals surface area contributed by atoms with Crippen LogP contribution in [-0.2, 0) is 29.9 Å². The SMILES string of the molecule is CCOc1c(/C=C/C(=O)c2ccc(OCOC(=O)C(C)(C)C)cc2)cc(C(C)(C)C)c(OCOC(=O)C(C)(C)C)c1C(C)(C)C. The highest BCUT2D eigenvalue weighted by Crippen LogP contribution is 2.47. The van der Waals surface area contributed by atoms with Crippen LogP contribution >= 0.6 is 0 Å². The number of esters is 2. The topological polar surface area (TPSA) is 97.4 Å². The smallest absolute Gasteiger partial charge is 0.314 e. The molecule has 8 heteroatoms. The Labute approximate surface area is 269 Å². The number of ketones is 1. The first-order chi connectivity index (χ1) is 20.6. The number of carbonyl (C=O) groups is 3. The Hall–Kier alpha value is -3.81. The zero-order valence-electron chi connectivity index (χ0n) is 29.4. The maximum Gasteiger partial charge on any atom is 0.314 e. The van der Waals surface area contributed by atoms with E-state index >= 15 is 0 Å². The molecule has 0 spiro atoms. The summed E-state index contributed by atoms with van der Waals surface area (Å²) in [5.74, 6) is 0.763. The van der Waals surface area contributed by atoms with Crippen molar-refractivity contribution in [3.8, 4) is 17.2 Å². The predicted octanol–water partition coefficient (Wildman–Crippen LogP) is 8.43. The van der Waals surface area contributed by atoms with Gasteiger partial charge in [-0.25, -0.2) is 0 Å². The predicted molar refractivity (Wildman–Crippen MR) is 177 cm³/mol. The number of hydrogen-bond donors (Lipinski definition) is 0. The molecule has 2 aromatic carbocycles. The summed E-state index contributed by atoms with van der Waals surface area (Å²) in [5, 5.41) is 0. The first kappa shape index (κ1) is 37.4. The van der Waals surface area contributed by atoms with E-state index in [2.05, 4.69) is 41.5 Å². The summed E-state index contributed by atoms with van der Waals surface area (Å²) >= 11 is 0. The molecule has 0 bridgehead atoms. The minimum Gasteiger partial charge on any atom is -0.493 e. The van der Waals surface area contributed by atoms with Gasteiger partial charge in [0.15, 0.2) is 5.78 Å². The lowest BCUT2D eigenvalue weighted by Gasteiger charge is -2.32. The Morgan fingerprint density at radius 2 is 1.18 bits per heavy atom. The third kappa shape index (κ3) is 10.6. The maximum absolute atomic E-state index is 13.2. The quantitative estimate of drug-likeness (QED) is 0.106. The van der Waals surface area contributed by atoms with Crippen molar-refractivity contribution < 1.29 is 38.1 Å². The fourth-order valence-electron chi connectivity index (χ4n) is 4.18. The summed E-state index contributed by atoms with van der Waals surface area (Å²) in [7, 11) is 0. The molecule has 0 fully saturated rings. The Morgan fingerprint density at radius 3 is 1.62 bits per heavy atom. The molecule has 0 radical (unpaired) electrons. The Kier molecular flexibility index (Phi) is 12.1. The van der Waals surface area contributed by atoms with Crippen molar-refractivity contribution in [1.82, 2.24) is 0 Å². The highest BCUT2D eigenvalue weighted by molar-refractivity contribution is 6.07. The molecule has 2 rings (SSSR count). The van der Waals surface area contributed by atoms with Crippen molar-refractivity contribution in [3.63, 3.8) is 0 Å². The molecular formula is C37H52O8. The van der Waals surface area contributed by atoms with Gasteiger partial charge in [0.25, 0.3) is 0 Å². The van der Waals surface area contributed by atoms with Crippen molar-refractivity contribution in [2.75, 3.05) is 20.2 Å². The first-order valence-corrected chi connectivity index (χ1v) is 15.3. The average Bonchev–Trinajstić information content (AvgIpc) is 2.90. The summed E-state index contributed by atoms with van der Waals surface area (Å²) in [5.41, 5.74) is 0.873. The minimum atomic E-state index is -0.658. The largest absolute Gasteiger partial charge is 0.493 e. The third-order valence-electron chi connectivity index (χ3n) is 6.69. The molecule has 0 aliphatic heterocycles. The van der Waals surface area contributed by atoms with Crippen LogP contribution in [0.1, 0.15) is 117 Å². The van der Waals surface area contributed by atoms with Gasteiger partial charge >= 0.3 is 11.9 Å². The van der Waals surface area contributed by atoms with E-state index in [0.29, 0.717) is 29.4 Å². The number of benzene rings is 2. The first-order valence-electron chi connectivity index (χ1n) is 15.3. The fraction of sp³-hybridized carbons (Fsp3) is 0.541. The molecule has 2 aromatic rings. The third-order valence-corrected chi connectivity index (χ3v) is 6.69. The van der Waals surface area contributed by atoms with E-state index in [-0.39, 0.29) is 36.7 Å². The normalized spacial score (nSPS) is 12.6. The van der Waals surface area contributed by atoms with Crippen LogP contribution in [0, 0.1) is 10.8 Å². The highest BCUT2D eigenvalue weighted by atomic mass is 16.7. The average molecular weight is 625 g/mol. The lowest BCUT2D eigenvalue weighted by atomic mass is 9.77. The molecule has 0 aliphatic rings. The van der Waals surface area contributed by atoms with E-state index < -0.39 is 16.2 Å². The van der Waals surface area contributed by atoms with Gasteiger partial charge in [-0.15, -0.1) is 0 Å². The Bertz CT molecular complexity index is 1370. The van der Waals surface area contributed by atoms with Crippen LogP contribution < -0.4 is 14.2 Å². The Morgan fingerprint density at radius 1 is 0.667 bits per heavy atom. The van der Waals surface area contributed by atoms with Crippen LogP contribution in [0.2, 0.25) is 0 Å². The van der Waals surface area contributed by atoms with Crippen LogP contribution in [0.25, 0.3) is 6.08 Å². The van der Waals surface area contributed by atoms with Gasteiger partial charge in [-0.3, -0.25) is 14.4 Å². The number of carbonyl (C=O) groups excluding carboxylic acids is 3. The molecule has 0 atom stereocenters. The molecule has 0 heterocycles. The maximum atomic E-state index is 13.2. The second-order valence-corrected chi connectivity index (χ2v) is 15.1. The van der Waals surface area contributed by atoms with Crippen molar-refractivity contribution in [1.29, 1.82) is 0 Å². The molecule has 0 amide bonds. The van der Waals surface area contributed by atoms with E-state index in [1.807, 2.05) is 13.0 Å². The summed E-state index contributed by atoms with van der Waals surface area (Å²) in [6, 6.07) is 8.61. The molecule has 0 aliphatic carbocycles. The summed E-state index contributed by atoms with van der Waals surface area (Å²) < 4.78 is 28.6. The fourth-order valence-corrected chi connectivity index (χ4v) is 4.18. The second-order valence-electron chi connectivity index (χ2n) is 15.1. The van der Waals surface area contributed by atoms with Gasteiger partial charge in [0.1, 0.15) is 17.2 Å². The van der Waals surface area contributed by atoms with E-state index in [1.165, 1.54) is 6.08 Å². The summed E-state index contributed by atoms with van der Waals surface area (Å²) in [4.78, 5) is 37.6. The number of ether oxygens (including phenoxy) is 5. The van der Waals surface area contributed by atoms with Gasteiger partial charge in [0.2, 0.25) is 13.6 Å². The van der Waals surface area contributed by atoms with Gasteiger partial charge in [-0.05, 0) is 102 Å². The molecule has 8 nitrogen and oxygen atoms in total. The molecule has 45 heavy (non-hydrogen) atoms. The van der Waals surface area contributed by atoms with Crippen LogP contribution in [0.5, 0.6) is 17.2 Å². The van der Waals surface area contributed by atoms with Crippen molar-refractivity contribution in [2.24, 2.45) is 10.8 Å². The van der Waals surface area contributed by atoms with E-state index in [4.69, 9.17) is 23.7 Å². The second kappa shape index (κ2) is 14.5. The van der Waals surface area contributed by atoms with E-state index in [0.717, 1.165) is 16.7 Å². The number of allylic oxidation sites excluding steroid dienone is 1. The zero-order valence-corrected chi connectivity index (χ0v) is 29.4. The molecule has 0 saturated carbocycles.